The van der Waals surface area contributed by atoms with Crippen LogP contribution in [0.4, 0.5) is 0 Å². The summed E-state index contributed by atoms with van der Waals surface area (Å²) in [7, 11) is -3.64. The average Bonchev–Trinajstić information content (AvgIpc) is 2.94. The Kier molecular flexibility index (Phi) is 7.95. The van der Waals surface area contributed by atoms with Gasteiger partial charge in [-0.25, -0.2) is 0 Å². The Labute approximate surface area is 136 Å². The predicted molar refractivity (Wildman–Crippen MR) is 83.8 cm³/mol. The number of ether oxygens (including phenoxy) is 2. The first-order valence-electron chi connectivity index (χ1n) is 7.88. The van der Waals surface area contributed by atoms with Crippen molar-refractivity contribution in [1.82, 2.24) is 0 Å². The Hall–Kier alpha value is -1.17. The molecule has 0 saturated heterocycles. The zero-order chi connectivity index (χ0) is 17.5. The highest BCUT2D eigenvalue weighted by Gasteiger charge is 2.49. The van der Waals surface area contributed by atoms with E-state index in [9.17, 15) is 14.2 Å². The van der Waals surface area contributed by atoms with Gasteiger partial charge in [-0.3, -0.25) is 14.2 Å². The number of allylic oxidation sites excluding steroid dienone is 1. The minimum absolute atomic E-state index is 0.158. The van der Waals surface area contributed by atoms with Gasteiger partial charge < -0.3 is 18.5 Å². The van der Waals surface area contributed by atoms with Crippen LogP contribution >= 0.6 is 7.60 Å². The van der Waals surface area contributed by atoms with Crippen molar-refractivity contribution in [2.45, 2.75) is 34.1 Å². The Balaban J connectivity index is 3.16. The zero-order valence-corrected chi connectivity index (χ0v) is 15.0. The smallest absolute Gasteiger partial charge is 0.357 e. The van der Waals surface area contributed by atoms with Gasteiger partial charge in [0.25, 0.3) is 0 Å². The molecule has 0 aromatic rings. The third kappa shape index (κ3) is 4.66. The van der Waals surface area contributed by atoms with E-state index in [-0.39, 0.29) is 38.2 Å². The summed E-state index contributed by atoms with van der Waals surface area (Å²) in [6.45, 7) is 7.40. The monoisotopic (exact) mass is 348 g/mol. The minimum atomic E-state index is -3.64. The first-order valence-corrected chi connectivity index (χ1v) is 9.42. The van der Waals surface area contributed by atoms with Crippen molar-refractivity contribution in [3.05, 3.63) is 11.4 Å². The Morgan fingerprint density at radius 3 is 2.00 bits per heavy atom. The molecule has 0 radical (unpaired) electrons. The van der Waals surface area contributed by atoms with E-state index < -0.39 is 31.4 Å². The van der Waals surface area contributed by atoms with Gasteiger partial charge in [0.1, 0.15) is 5.92 Å². The van der Waals surface area contributed by atoms with Gasteiger partial charge in [-0.2, -0.15) is 0 Å². The number of esters is 2. The Morgan fingerprint density at radius 1 is 1.00 bits per heavy atom. The van der Waals surface area contributed by atoms with Gasteiger partial charge in [-0.05, 0) is 34.1 Å². The van der Waals surface area contributed by atoms with Crippen LogP contribution in [-0.4, -0.2) is 38.4 Å². The van der Waals surface area contributed by atoms with Crippen molar-refractivity contribution >= 4 is 19.5 Å². The number of hydrogen-bond donors (Lipinski definition) is 0. The summed E-state index contributed by atoms with van der Waals surface area (Å²) in [6.07, 6.45) is 1.82. The van der Waals surface area contributed by atoms with Gasteiger partial charge in [0.15, 0.2) is 0 Å². The lowest BCUT2D eigenvalue weighted by Crippen LogP contribution is -2.31. The minimum Gasteiger partial charge on any atom is -0.466 e. The van der Waals surface area contributed by atoms with E-state index in [0.717, 1.165) is 0 Å². The van der Waals surface area contributed by atoms with Crippen LogP contribution in [0.5, 0.6) is 0 Å². The molecule has 132 valence electrons. The maximum atomic E-state index is 13.0. The standard InChI is InChI=1S/C15H25O7P/c1-5-19-14(16)11-9-10-12(13(11)15(17)20-6-2)23(18,21-7-3)22-8-4/h10-11,13H,5-9H2,1-4H3/t11-,13+/m0/s1. The summed E-state index contributed by atoms with van der Waals surface area (Å²) in [6, 6.07) is 0. The van der Waals surface area contributed by atoms with E-state index in [0.29, 0.717) is 0 Å². The maximum Gasteiger partial charge on any atom is 0.357 e. The Bertz CT molecular complexity index is 490. The molecule has 0 bridgehead atoms. The van der Waals surface area contributed by atoms with Gasteiger partial charge in [-0.15, -0.1) is 0 Å². The summed E-state index contributed by atoms with van der Waals surface area (Å²) in [5, 5.41) is 0.192. The molecule has 1 rings (SSSR count). The largest absolute Gasteiger partial charge is 0.466 e. The van der Waals surface area contributed by atoms with Crippen molar-refractivity contribution in [3.8, 4) is 0 Å². The van der Waals surface area contributed by atoms with Crippen LogP contribution in [-0.2, 0) is 32.7 Å². The summed E-state index contributed by atoms with van der Waals surface area (Å²) < 4.78 is 33.7. The van der Waals surface area contributed by atoms with Gasteiger partial charge in [0, 0.05) is 0 Å². The first kappa shape index (κ1) is 19.9. The summed E-state index contributed by atoms with van der Waals surface area (Å²) >= 11 is 0. The van der Waals surface area contributed by atoms with E-state index in [2.05, 4.69) is 0 Å². The van der Waals surface area contributed by atoms with Gasteiger partial charge in [-0.1, -0.05) is 6.08 Å². The molecule has 0 unspecified atom stereocenters. The molecular formula is C15H25O7P. The average molecular weight is 348 g/mol. The fourth-order valence-corrected chi connectivity index (χ4v) is 4.53. The third-order valence-electron chi connectivity index (χ3n) is 3.35. The molecule has 0 aromatic heterocycles. The summed E-state index contributed by atoms with van der Waals surface area (Å²) in [5.41, 5.74) is 0. The van der Waals surface area contributed by atoms with Crippen LogP contribution in [0.3, 0.4) is 0 Å². The van der Waals surface area contributed by atoms with Crippen molar-refractivity contribution in [2.75, 3.05) is 26.4 Å². The van der Waals surface area contributed by atoms with Crippen LogP contribution < -0.4 is 0 Å². The lowest BCUT2D eigenvalue weighted by Gasteiger charge is -2.24. The van der Waals surface area contributed by atoms with Crippen molar-refractivity contribution in [2.24, 2.45) is 11.8 Å². The van der Waals surface area contributed by atoms with Crippen LogP contribution in [0.2, 0.25) is 0 Å². The quantitative estimate of drug-likeness (QED) is 0.467. The molecule has 0 amide bonds. The lowest BCUT2D eigenvalue weighted by atomic mass is 9.95. The molecule has 0 aromatic carbocycles. The molecule has 0 N–H and O–H groups in total. The van der Waals surface area contributed by atoms with E-state index in [1.807, 2.05) is 0 Å². The zero-order valence-electron chi connectivity index (χ0n) is 14.1. The van der Waals surface area contributed by atoms with Gasteiger partial charge in [0.05, 0.1) is 37.7 Å². The highest BCUT2D eigenvalue weighted by molar-refractivity contribution is 7.58. The van der Waals surface area contributed by atoms with Crippen molar-refractivity contribution in [3.63, 3.8) is 0 Å². The second-order valence-corrected chi connectivity index (χ2v) is 6.81. The predicted octanol–water partition coefficient (Wildman–Crippen LogP) is 2.90. The van der Waals surface area contributed by atoms with Crippen LogP contribution in [0.15, 0.2) is 11.4 Å². The topological polar surface area (TPSA) is 88.1 Å². The molecule has 23 heavy (non-hydrogen) atoms. The van der Waals surface area contributed by atoms with Crippen LogP contribution in [0, 0.1) is 11.8 Å². The molecular weight excluding hydrogens is 323 g/mol. The number of carbonyl (C=O) groups excluding carboxylic acids is 2. The van der Waals surface area contributed by atoms with Gasteiger partial charge in [0.2, 0.25) is 0 Å². The normalized spacial score (nSPS) is 21.0. The highest BCUT2D eigenvalue weighted by atomic mass is 31.2. The van der Waals surface area contributed by atoms with E-state index in [1.165, 1.54) is 0 Å². The maximum absolute atomic E-state index is 13.0. The molecule has 0 saturated carbocycles. The van der Waals surface area contributed by atoms with E-state index >= 15 is 0 Å². The highest BCUT2D eigenvalue weighted by Crippen LogP contribution is 2.62. The molecule has 1 aliphatic rings. The second-order valence-electron chi connectivity index (χ2n) is 4.79. The van der Waals surface area contributed by atoms with E-state index in [1.54, 1.807) is 33.8 Å². The Morgan fingerprint density at radius 2 is 1.52 bits per heavy atom. The van der Waals surface area contributed by atoms with Crippen LogP contribution in [0.1, 0.15) is 34.1 Å². The number of hydrogen-bond acceptors (Lipinski definition) is 7. The second kappa shape index (κ2) is 9.21. The fraction of sp³-hybridized carbons (Fsp3) is 0.733. The van der Waals surface area contributed by atoms with Gasteiger partial charge >= 0.3 is 19.5 Å². The third-order valence-corrected chi connectivity index (χ3v) is 5.64. The molecule has 8 heteroatoms. The van der Waals surface area contributed by atoms with Crippen LogP contribution in [0.25, 0.3) is 0 Å². The molecule has 0 spiro atoms. The molecule has 0 fully saturated rings. The fourth-order valence-electron chi connectivity index (χ4n) is 2.52. The SMILES string of the molecule is CCOC(=O)[C@H]1C(P(=O)(OCC)OCC)=CC[C@@H]1C(=O)OCC. The number of carbonyl (C=O) groups is 2. The summed E-state index contributed by atoms with van der Waals surface area (Å²) in [5.74, 6) is -2.90. The first-order chi connectivity index (χ1) is 10.9. The number of rotatable bonds is 9. The molecule has 2 atom stereocenters. The molecule has 0 heterocycles. The molecule has 7 nitrogen and oxygen atoms in total. The molecule has 0 aliphatic heterocycles. The summed E-state index contributed by atoms with van der Waals surface area (Å²) in [4.78, 5) is 24.4. The lowest BCUT2D eigenvalue weighted by molar-refractivity contribution is -0.157. The molecule has 1 aliphatic carbocycles. The van der Waals surface area contributed by atoms with Crippen molar-refractivity contribution < 1.29 is 32.7 Å². The van der Waals surface area contributed by atoms with E-state index in [4.69, 9.17) is 18.5 Å². The van der Waals surface area contributed by atoms with Crippen molar-refractivity contribution in [1.29, 1.82) is 0 Å².